The molecule has 0 N–H and O–H groups in total. The highest BCUT2D eigenvalue weighted by atomic mass is 19.1. The monoisotopic (exact) mass is 415 g/mol. The number of aromatic nitrogens is 5. The van der Waals surface area contributed by atoms with Crippen LogP contribution < -0.4 is 4.90 Å². The molecule has 0 spiro atoms. The third kappa shape index (κ3) is 3.14. The molecule has 0 amide bonds. The molecule has 0 radical (unpaired) electrons. The van der Waals surface area contributed by atoms with Crippen molar-refractivity contribution in [3.63, 3.8) is 0 Å². The first-order valence-corrected chi connectivity index (χ1v) is 10.5. The minimum absolute atomic E-state index is 0.273. The molecule has 1 aromatic carbocycles. The second-order valence-electron chi connectivity index (χ2n) is 8.55. The van der Waals surface area contributed by atoms with Gasteiger partial charge in [0.1, 0.15) is 17.3 Å². The fourth-order valence-corrected chi connectivity index (χ4v) is 5.01. The van der Waals surface area contributed by atoms with Crippen LogP contribution in [0.25, 0.3) is 28.2 Å². The van der Waals surface area contributed by atoms with Gasteiger partial charge in [-0.2, -0.15) is 10.2 Å². The molecule has 0 aliphatic carbocycles. The van der Waals surface area contributed by atoms with Crippen LogP contribution in [0.1, 0.15) is 0 Å². The van der Waals surface area contributed by atoms with Crippen LogP contribution in [0.15, 0.2) is 54.9 Å². The summed E-state index contributed by atoms with van der Waals surface area (Å²) in [6.07, 6.45) is 3.37. The largest absolute Gasteiger partial charge is 0.355 e. The van der Waals surface area contributed by atoms with Crippen molar-refractivity contribution in [3.8, 4) is 22.5 Å². The molecule has 8 heteroatoms. The molecule has 2 saturated heterocycles. The number of likely N-dealkylation sites (tertiary alicyclic amines) is 1. The first-order chi connectivity index (χ1) is 15.2. The van der Waals surface area contributed by atoms with E-state index in [0.29, 0.717) is 11.8 Å². The lowest BCUT2D eigenvalue weighted by molar-refractivity contribution is 0.386. The zero-order valence-corrected chi connectivity index (χ0v) is 17.2. The molecule has 4 aromatic rings. The van der Waals surface area contributed by atoms with Crippen molar-refractivity contribution in [2.45, 2.75) is 0 Å². The van der Waals surface area contributed by atoms with Gasteiger partial charge in [0.2, 0.25) is 0 Å². The standard InChI is InChI=1S/C23H22FN7/c1-29-11-17-13-30(14-18(17)12-29)21-7-6-20-27-22(15-2-4-19(24)5-3-15)23(31(20)28-21)16-8-9-25-26-10-16/h2-10,17-18H,11-14H2,1H3. The van der Waals surface area contributed by atoms with Crippen LogP contribution in [-0.4, -0.2) is 62.9 Å². The van der Waals surface area contributed by atoms with Gasteiger partial charge in [0.25, 0.3) is 0 Å². The van der Waals surface area contributed by atoms with E-state index >= 15 is 0 Å². The predicted molar refractivity (Wildman–Crippen MR) is 116 cm³/mol. The van der Waals surface area contributed by atoms with Gasteiger partial charge >= 0.3 is 0 Å². The average Bonchev–Trinajstić information content (AvgIpc) is 3.45. The van der Waals surface area contributed by atoms with E-state index in [1.54, 1.807) is 24.5 Å². The molecule has 2 unspecified atom stereocenters. The molecule has 2 aliphatic heterocycles. The van der Waals surface area contributed by atoms with Gasteiger partial charge in [-0.05, 0) is 61.3 Å². The van der Waals surface area contributed by atoms with Crippen LogP contribution in [-0.2, 0) is 0 Å². The average molecular weight is 415 g/mol. The van der Waals surface area contributed by atoms with E-state index in [-0.39, 0.29) is 5.82 Å². The Morgan fingerprint density at radius 3 is 2.35 bits per heavy atom. The first kappa shape index (κ1) is 18.4. The molecule has 2 aliphatic rings. The van der Waals surface area contributed by atoms with E-state index < -0.39 is 0 Å². The number of imidazole rings is 1. The Morgan fingerprint density at radius 1 is 0.871 bits per heavy atom. The van der Waals surface area contributed by atoms with Crippen LogP contribution in [0.2, 0.25) is 0 Å². The van der Waals surface area contributed by atoms with Crippen molar-refractivity contribution in [1.29, 1.82) is 0 Å². The van der Waals surface area contributed by atoms with Crippen molar-refractivity contribution in [3.05, 3.63) is 60.7 Å². The molecule has 0 saturated carbocycles. The fourth-order valence-electron chi connectivity index (χ4n) is 5.01. The maximum Gasteiger partial charge on any atom is 0.155 e. The molecule has 0 bridgehead atoms. The summed E-state index contributed by atoms with van der Waals surface area (Å²) in [5.74, 6) is 2.08. The van der Waals surface area contributed by atoms with Crippen LogP contribution in [0.5, 0.6) is 0 Å². The quantitative estimate of drug-likeness (QED) is 0.513. The summed E-state index contributed by atoms with van der Waals surface area (Å²) in [6, 6.07) is 12.3. The van der Waals surface area contributed by atoms with Gasteiger partial charge < -0.3 is 9.80 Å². The van der Waals surface area contributed by atoms with Gasteiger partial charge in [-0.15, -0.1) is 5.10 Å². The Morgan fingerprint density at radius 2 is 1.65 bits per heavy atom. The number of nitrogens with zero attached hydrogens (tertiary/aromatic N) is 7. The van der Waals surface area contributed by atoms with Gasteiger partial charge in [0.15, 0.2) is 5.65 Å². The zero-order valence-electron chi connectivity index (χ0n) is 17.2. The molecule has 2 fully saturated rings. The summed E-state index contributed by atoms with van der Waals surface area (Å²) >= 11 is 0. The highest BCUT2D eigenvalue weighted by Gasteiger charge is 2.39. The van der Waals surface area contributed by atoms with Crippen molar-refractivity contribution in [2.75, 3.05) is 38.1 Å². The van der Waals surface area contributed by atoms with E-state index in [1.807, 2.05) is 16.6 Å². The lowest BCUT2D eigenvalue weighted by Gasteiger charge is -2.20. The maximum absolute atomic E-state index is 13.5. The lowest BCUT2D eigenvalue weighted by atomic mass is 10.0. The minimum atomic E-state index is -0.273. The van der Waals surface area contributed by atoms with Crippen molar-refractivity contribution < 1.29 is 4.39 Å². The molecule has 31 heavy (non-hydrogen) atoms. The topological polar surface area (TPSA) is 62.5 Å². The predicted octanol–water partition coefficient (Wildman–Crippen LogP) is 2.99. The van der Waals surface area contributed by atoms with Gasteiger partial charge in [-0.3, -0.25) is 0 Å². The first-order valence-electron chi connectivity index (χ1n) is 10.5. The van der Waals surface area contributed by atoms with Crippen molar-refractivity contribution in [1.82, 2.24) is 29.7 Å². The van der Waals surface area contributed by atoms with E-state index in [2.05, 4.69) is 33.1 Å². The lowest BCUT2D eigenvalue weighted by Crippen LogP contribution is -2.27. The smallest absolute Gasteiger partial charge is 0.155 e. The Labute approximate surface area is 179 Å². The molecule has 156 valence electrons. The second kappa shape index (κ2) is 7.09. The van der Waals surface area contributed by atoms with Crippen LogP contribution >= 0.6 is 0 Å². The van der Waals surface area contributed by atoms with Crippen molar-refractivity contribution in [2.24, 2.45) is 11.8 Å². The van der Waals surface area contributed by atoms with Crippen LogP contribution in [0.3, 0.4) is 0 Å². The maximum atomic E-state index is 13.5. The van der Waals surface area contributed by atoms with Gasteiger partial charge in [-0.1, -0.05) is 0 Å². The summed E-state index contributed by atoms with van der Waals surface area (Å²) in [7, 11) is 2.20. The highest BCUT2D eigenvalue weighted by Crippen LogP contribution is 2.35. The zero-order chi connectivity index (χ0) is 20.9. The normalized spacial score (nSPS) is 21.2. The number of benzene rings is 1. The number of rotatable bonds is 3. The minimum Gasteiger partial charge on any atom is -0.355 e. The van der Waals surface area contributed by atoms with Gasteiger partial charge in [-0.25, -0.2) is 13.9 Å². The van der Waals surface area contributed by atoms with Gasteiger partial charge in [0.05, 0.1) is 18.1 Å². The molecule has 3 aromatic heterocycles. The van der Waals surface area contributed by atoms with Crippen molar-refractivity contribution >= 4 is 11.5 Å². The summed E-state index contributed by atoms with van der Waals surface area (Å²) in [5.41, 5.74) is 4.02. The highest BCUT2D eigenvalue weighted by molar-refractivity contribution is 5.81. The molecule has 5 heterocycles. The van der Waals surface area contributed by atoms with Crippen LogP contribution in [0, 0.1) is 17.7 Å². The van der Waals surface area contributed by atoms with E-state index in [0.717, 1.165) is 60.2 Å². The SMILES string of the molecule is CN1CC2CN(c3ccc4nc(-c5ccc(F)cc5)c(-c5ccnnc5)n4n3)CC2C1. The van der Waals surface area contributed by atoms with E-state index in [4.69, 9.17) is 10.1 Å². The number of hydrogen-bond donors (Lipinski definition) is 0. The molecule has 2 atom stereocenters. The Hall–Kier alpha value is -3.39. The Balaban J connectivity index is 1.47. The summed E-state index contributed by atoms with van der Waals surface area (Å²) in [4.78, 5) is 9.63. The number of hydrogen-bond acceptors (Lipinski definition) is 6. The summed E-state index contributed by atoms with van der Waals surface area (Å²) in [6.45, 7) is 4.35. The van der Waals surface area contributed by atoms with Gasteiger partial charge in [0, 0.05) is 37.3 Å². The number of anilines is 1. The third-order valence-corrected chi connectivity index (χ3v) is 6.43. The molecular weight excluding hydrogens is 393 g/mol. The second-order valence-corrected chi connectivity index (χ2v) is 8.55. The third-order valence-electron chi connectivity index (χ3n) is 6.43. The number of halogens is 1. The molecule has 7 nitrogen and oxygen atoms in total. The fraction of sp³-hybridized carbons (Fsp3) is 0.304. The van der Waals surface area contributed by atoms with E-state index in [1.165, 1.54) is 12.1 Å². The number of fused-ring (bicyclic) bond motifs is 2. The van der Waals surface area contributed by atoms with E-state index in [9.17, 15) is 4.39 Å². The molecular formula is C23H22FN7. The molecule has 6 rings (SSSR count). The Bertz CT molecular complexity index is 1220. The van der Waals surface area contributed by atoms with Crippen LogP contribution in [0.4, 0.5) is 10.2 Å². The summed E-state index contributed by atoms with van der Waals surface area (Å²) < 4.78 is 15.4. The Kier molecular flexibility index (Phi) is 4.21. The summed E-state index contributed by atoms with van der Waals surface area (Å²) in [5, 5.41) is 12.9.